The van der Waals surface area contributed by atoms with Gasteiger partial charge in [0.1, 0.15) is 5.75 Å². The number of para-hydroxylation sites is 1. The Kier molecular flexibility index (Phi) is 3.12. The predicted octanol–water partition coefficient (Wildman–Crippen LogP) is 3.30. The highest BCUT2D eigenvalue weighted by Crippen LogP contribution is 2.41. The number of hydrogen-bond donors (Lipinski definition) is 0. The van der Waals surface area contributed by atoms with E-state index in [-0.39, 0.29) is 0 Å². The van der Waals surface area contributed by atoms with Gasteiger partial charge in [0.25, 0.3) is 7.37 Å². The largest absolute Gasteiger partial charge is 0.440 e. The molecule has 2 nitrogen and oxygen atoms in total. The zero-order valence-electron chi connectivity index (χ0n) is 9.04. The van der Waals surface area contributed by atoms with Crippen LogP contribution in [0.2, 0.25) is 0 Å². The van der Waals surface area contributed by atoms with E-state index < -0.39 is 7.37 Å². The molecule has 0 spiro atoms. The molecule has 1 atom stereocenters. The third kappa shape index (κ3) is 2.53. The quantitative estimate of drug-likeness (QED) is 0.759. The third-order valence-corrected chi connectivity index (χ3v) is 4.04. The molecule has 0 heterocycles. The minimum absolute atomic E-state index is 0.636. The van der Waals surface area contributed by atoms with E-state index in [2.05, 4.69) is 0 Å². The second-order valence-corrected chi connectivity index (χ2v) is 5.98. The van der Waals surface area contributed by atoms with E-state index in [0.29, 0.717) is 5.75 Å². The van der Waals surface area contributed by atoms with Crippen molar-refractivity contribution in [1.82, 2.24) is 0 Å². The Hall–Kier alpha value is -1.53. The zero-order valence-corrected chi connectivity index (χ0v) is 9.93. The summed E-state index contributed by atoms with van der Waals surface area (Å²) in [6.07, 6.45) is 0. The lowest BCUT2D eigenvalue weighted by atomic mass is 10.3. The van der Waals surface area contributed by atoms with Crippen molar-refractivity contribution >= 4 is 12.7 Å². The van der Waals surface area contributed by atoms with Crippen LogP contribution >= 0.6 is 7.37 Å². The number of hydrogen-bond acceptors (Lipinski definition) is 2. The topological polar surface area (TPSA) is 26.3 Å². The summed E-state index contributed by atoms with van der Waals surface area (Å²) < 4.78 is 17.9. The van der Waals surface area contributed by atoms with Gasteiger partial charge in [0.2, 0.25) is 0 Å². The van der Waals surface area contributed by atoms with Gasteiger partial charge in [0, 0.05) is 12.0 Å². The van der Waals surface area contributed by atoms with Crippen LogP contribution in [0.3, 0.4) is 0 Å². The number of benzene rings is 2. The molecule has 82 valence electrons. The Balaban J connectivity index is 2.25. The molecule has 0 aliphatic carbocycles. The van der Waals surface area contributed by atoms with Gasteiger partial charge in [-0.2, -0.15) is 0 Å². The van der Waals surface area contributed by atoms with Crippen LogP contribution in [0.25, 0.3) is 0 Å². The molecule has 0 aliphatic rings. The molecule has 2 aromatic carbocycles. The van der Waals surface area contributed by atoms with Gasteiger partial charge in [-0.1, -0.05) is 36.4 Å². The maximum atomic E-state index is 12.4. The van der Waals surface area contributed by atoms with Crippen LogP contribution in [0.1, 0.15) is 0 Å². The lowest BCUT2D eigenvalue weighted by molar-refractivity contribution is 0.498. The van der Waals surface area contributed by atoms with Gasteiger partial charge in [0.15, 0.2) is 0 Å². The molecule has 16 heavy (non-hydrogen) atoms. The maximum absolute atomic E-state index is 12.4. The van der Waals surface area contributed by atoms with Crippen molar-refractivity contribution in [1.29, 1.82) is 0 Å². The molecule has 0 amide bonds. The lowest BCUT2D eigenvalue weighted by Gasteiger charge is -2.15. The molecule has 0 aromatic heterocycles. The first-order chi connectivity index (χ1) is 7.68. The highest BCUT2D eigenvalue weighted by molar-refractivity contribution is 7.66. The van der Waals surface area contributed by atoms with E-state index in [0.717, 1.165) is 5.30 Å². The smallest absolute Gasteiger partial charge is 0.274 e. The zero-order chi connectivity index (χ0) is 11.4. The fourth-order valence-corrected chi connectivity index (χ4v) is 2.78. The molecule has 0 radical (unpaired) electrons. The molecule has 0 aliphatic heterocycles. The van der Waals surface area contributed by atoms with E-state index in [9.17, 15) is 4.57 Å². The van der Waals surface area contributed by atoms with Crippen molar-refractivity contribution in [2.75, 3.05) is 6.66 Å². The van der Waals surface area contributed by atoms with Gasteiger partial charge in [-0.15, -0.1) is 0 Å². The highest BCUT2D eigenvalue weighted by Gasteiger charge is 2.19. The first-order valence-corrected chi connectivity index (χ1v) is 7.13. The third-order valence-electron chi connectivity index (χ3n) is 2.25. The predicted molar refractivity (Wildman–Crippen MR) is 66.7 cm³/mol. The minimum Gasteiger partial charge on any atom is -0.440 e. The van der Waals surface area contributed by atoms with Crippen LogP contribution in [-0.4, -0.2) is 6.66 Å². The average Bonchev–Trinajstić information content (AvgIpc) is 2.31. The fraction of sp³-hybridized carbons (Fsp3) is 0.0769. The van der Waals surface area contributed by atoms with Crippen molar-refractivity contribution in [3.05, 3.63) is 60.7 Å². The second kappa shape index (κ2) is 4.54. The molecular formula is C13H13O2P. The van der Waals surface area contributed by atoms with Crippen LogP contribution in [0, 0.1) is 0 Å². The summed E-state index contributed by atoms with van der Waals surface area (Å²) in [7, 11) is -2.77. The molecule has 2 rings (SSSR count). The summed E-state index contributed by atoms with van der Waals surface area (Å²) in [6.45, 7) is 1.63. The molecular weight excluding hydrogens is 219 g/mol. The van der Waals surface area contributed by atoms with E-state index >= 15 is 0 Å². The summed E-state index contributed by atoms with van der Waals surface area (Å²) in [6, 6.07) is 18.5. The maximum Gasteiger partial charge on any atom is 0.274 e. The van der Waals surface area contributed by atoms with Gasteiger partial charge in [-0.05, 0) is 24.3 Å². The van der Waals surface area contributed by atoms with Crippen LogP contribution in [0.5, 0.6) is 5.75 Å². The molecule has 3 heteroatoms. The van der Waals surface area contributed by atoms with Crippen molar-refractivity contribution in [2.45, 2.75) is 0 Å². The first-order valence-electron chi connectivity index (χ1n) is 5.06. The van der Waals surface area contributed by atoms with Crippen molar-refractivity contribution in [2.24, 2.45) is 0 Å². The summed E-state index contributed by atoms with van der Waals surface area (Å²) in [5.41, 5.74) is 0. The summed E-state index contributed by atoms with van der Waals surface area (Å²) in [5, 5.41) is 0.735. The monoisotopic (exact) mass is 232 g/mol. The summed E-state index contributed by atoms with van der Waals surface area (Å²) >= 11 is 0. The van der Waals surface area contributed by atoms with Gasteiger partial charge >= 0.3 is 0 Å². The summed E-state index contributed by atoms with van der Waals surface area (Å²) in [5.74, 6) is 0.636. The molecule has 0 saturated heterocycles. The number of rotatable bonds is 3. The van der Waals surface area contributed by atoms with Gasteiger partial charge < -0.3 is 4.52 Å². The SMILES string of the molecule is CP(=O)(Oc1ccccc1)c1ccccc1. The van der Waals surface area contributed by atoms with Gasteiger partial charge in [0.05, 0.1) is 0 Å². The van der Waals surface area contributed by atoms with E-state index in [1.165, 1.54) is 0 Å². The standard InChI is InChI=1S/C13H13O2P/c1-16(14,13-10-6-3-7-11-13)15-12-8-4-2-5-9-12/h2-11H,1H3. The Morgan fingerprint density at radius 3 is 1.94 bits per heavy atom. The molecule has 0 saturated carbocycles. The molecule has 0 N–H and O–H groups in total. The first kappa shape index (κ1) is 11.0. The Bertz CT molecular complexity index is 494. The van der Waals surface area contributed by atoms with Gasteiger partial charge in [-0.25, -0.2) is 0 Å². The highest BCUT2D eigenvalue weighted by atomic mass is 31.2. The molecule has 2 aromatic rings. The normalized spacial score (nSPS) is 14.1. The fourth-order valence-electron chi connectivity index (χ4n) is 1.43. The van der Waals surface area contributed by atoms with Gasteiger partial charge in [-0.3, -0.25) is 4.57 Å². The second-order valence-electron chi connectivity index (χ2n) is 3.59. The lowest BCUT2D eigenvalue weighted by Crippen LogP contribution is -2.07. The summed E-state index contributed by atoms with van der Waals surface area (Å²) in [4.78, 5) is 0. The molecule has 0 bridgehead atoms. The Morgan fingerprint density at radius 1 is 0.875 bits per heavy atom. The molecule has 0 fully saturated rings. The van der Waals surface area contributed by atoms with E-state index in [1.807, 2.05) is 48.5 Å². The Labute approximate surface area is 95.3 Å². The van der Waals surface area contributed by atoms with Crippen molar-refractivity contribution in [3.63, 3.8) is 0 Å². The van der Waals surface area contributed by atoms with Crippen molar-refractivity contribution < 1.29 is 9.09 Å². The minimum atomic E-state index is -2.77. The van der Waals surface area contributed by atoms with Crippen LogP contribution in [-0.2, 0) is 4.57 Å². The van der Waals surface area contributed by atoms with E-state index in [4.69, 9.17) is 4.52 Å². The van der Waals surface area contributed by atoms with Crippen LogP contribution < -0.4 is 9.83 Å². The van der Waals surface area contributed by atoms with Crippen LogP contribution in [0.15, 0.2) is 60.7 Å². The van der Waals surface area contributed by atoms with E-state index in [1.54, 1.807) is 18.8 Å². The van der Waals surface area contributed by atoms with Crippen LogP contribution in [0.4, 0.5) is 0 Å². The average molecular weight is 232 g/mol. The molecule has 1 unspecified atom stereocenters. The van der Waals surface area contributed by atoms with Crippen molar-refractivity contribution in [3.8, 4) is 5.75 Å². The Morgan fingerprint density at radius 2 is 1.38 bits per heavy atom.